The Balaban J connectivity index is 0.000000227. The summed E-state index contributed by atoms with van der Waals surface area (Å²) < 4.78 is 3.34. The Bertz CT molecular complexity index is 1200. The summed E-state index contributed by atoms with van der Waals surface area (Å²) in [5.41, 5.74) is 9.31. The van der Waals surface area contributed by atoms with Gasteiger partial charge in [-0.25, -0.2) is 5.57 Å². The molecule has 224 valence electrons. The zero-order valence-electron chi connectivity index (χ0n) is 25.5. The van der Waals surface area contributed by atoms with Gasteiger partial charge >= 0.3 is 28.4 Å². The van der Waals surface area contributed by atoms with Gasteiger partial charge in [0, 0.05) is 0 Å². The molecule has 3 heteroatoms. The van der Waals surface area contributed by atoms with E-state index >= 15 is 0 Å². The topological polar surface area (TPSA) is 0 Å². The molecule has 0 nitrogen and oxygen atoms in total. The van der Waals surface area contributed by atoms with Crippen LogP contribution in [-0.4, -0.2) is 4.21 Å². The van der Waals surface area contributed by atoms with Crippen LogP contribution in [0.2, 0.25) is 0 Å². The Morgan fingerprint density at radius 2 is 1.40 bits per heavy atom. The Morgan fingerprint density at radius 3 is 1.93 bits per heavy atom. The first-order valence-corrected chi connectivity index (χ1v) is 16.5. The van der Waals surface area contributed by atoms with Crippen LogP contribution in [0.1, 0.15) is 69.9 Å². The summed E-state index contributed by atoms with van der Waals surface area (Å²) >= 11 is 1.30. The van der Waals surface area contributed by atoms with E-state index in [2.05, 4.69) is 78.7 Å². The second-order valence-electron chi connectivity index (χ2n) is 12.3. The molecular weight excluding hydrogens is 631 g/mol. The molecule has 0 saturated heterocycles. The first kappa shape index (κ1) is 36.7. The molecule has 0 heterocycles. The fourth-order valence-electron chi connectivity index (χ4n) is 8.34. The van der Waals surface area contributed by atoms with Crippen molar-refractivity contribution in [1.82, 2.24) is 0 Å². The molecule has 0 spiro atoms. The third kappa shape index (κ3) is 8.77. The van der Waals surface area contributed by atoms with Gasteiger partial charge in [-0.1, -0.05) is 61.6 Å². The number of rotatable bonds is 2. The van der Waals surface area contributed by atoms with Gasteiger partial charge in [-0.3, -0.25) is 6.08 Å². The Hall–Kier alpha value is -1.53. The molecule has 4 fully saturated rings. The van der Waals surface area contributed by atoms with Crippen molar-refractivity contribution in [2.45, 2.75) is 65.2 Å². The summed E-state index contributed by atoms with van der Waals surface area (Å²) in [5, 5.41) is 0. The van der Waals surface area contributed by atoms with Gasteiger partial charge in [-0.15, -0.1) is 30.4 Å². The van der Waals surface area contributed by atoms with Crippen LogP contribution >= 0.6 is 24.8 Å². The van der Waals surface area contributed by atoms with Crippen LogP contribution in [0.25, 0.3) is 11.1 Å². The van der Waals surface area contributed by atoms with E-state index < -0.39 is 0 Å². The third-order valence-electron chi connectivity index (χ3n) is 9.33. The maximum Gasteiger partial charge on any atom is -0.0253 e. The minimum absolute atomic E-state index is 0. The average Bonchev–Trinajstić information content (AvgIpc) is 3.48. The van der Waals surface area contributed by atoms with Gasteiger partial charge < -0.3 is 7.43 Å². The Kier molecular flexibility index (Phi) is 14.9. The molecule has 6 aliphatic rings. The number of allylic oxidation sites excluding steroid dienone is 4. The number of fused-ring (bicyclic) bond motifs is 3. The molecule has 42 heavy (non-hydrogen) atoms. The van der Waals surface area contributed by atoms with E-state index in [-0.39, 0.29) is 32.2 Å². The molecule has 4 bridgehead atoms. The molecule has 1 unspecified atom stereocenters. The van der Waals surface area contributed by atoms with E-state index in [1.54, 1.807) is 44.1 Å². The molecule has 3 aromatic rings. The molecular formula is C39H46Cl2Zr-4. The maximum absolute atomic E-state index is 3.57. The van der Waals surface area contributed by atoms with Crippen molar-refractivity contribution in [3.05, 3.63) is 127 Å². The van der Waals surface area contributed by atoms with Crippen LogP contribution in [0, 0.1) is 54.7 Å². The fraction of sp³-hybridized carbons (Fsp3) is 0.385. The van der Waals surface area contributed by atoms with Gasteiger partial charge in [0.25, 0.3) is 0 Å². The van der Waals surface area contributed by atoms with E-state index in [9.17, 15) is 0 Å². The Morgan fingerprint density at radius 1 is 0.810 bits per heavy atom. The van der Waals surface area contributed by atoms with Crippen molar-refractivity contribution in [3.63, 3.8) is 0 Å². The van der Waals surface area contributed by atoms with Gasteiger partial charge in [0.2, 0.25) is 0 Å². The van der Waals surface area contributed by atoms with E-state index in [0.717, 1.165) is 24.2 Å². The summed E-state index contributed by atoms with van der Waals surface area (Å²) in [6, 6.07) is 30.6. The molecule has 1 atom stereocenters. The predicted octanol–water partition coefficient (Wildman–Crippen LogP) is 10.7. The number of benzene rings is 3. The summed E-state index contributed by atoms with van der Waals surface area (Å²) in [7, 11) is 0. The predicted molar refractivity (Wildman–Crippen MR) is 182 cm³/mol. The van der Waals surface area contributed by atoms with Crippen LogP contribution in [0.15, 0.2) is 90.0 Å². The summed E-state index contributed by atoms with van der Waals surface area (Å²) in [4.78, 5) is 0. The van der Waals surface area contributed by atoms with E-state index in [1.807, 2.05) is 36.4 Å². The SMILES string of the molecule is CC1=[C-]C(C)C=C1CC12CC3CC(CC(C3)C1)C2.Cl.Cl.[CH2]=[Zr].[CH3-].[c-]1cccc2c1Cc1ccccc1-2.[c-]1ccccc1. The molecule has 0 aromatic heterocycles. The van der Waals surface area contributed by atoms with Crippen LogP contribution in [-0.2, 0) is 30.7 Å². The molecule has 4 saturated carbocycles. The molecule has 0 radical (unpaired) electrons. The molecule has 6 aliphatic carbocycles. The molecule has 9 rings (SSSR count). The number of halogens is 2. The largest absolute Gasteiger partial charge is 0.358 e. The van der Waals surface area contributed by atoms with Gasteiger partial charge in [0.05, 0.1) is 0 Å². The third-order valence-corrected chi connectivity index (χ3v) is 9.33. The minimum atomic E-state index is 0. The van der Waals surface area contributed by atoms with E-state index in [1.165, 1.54) is 58.5 Å². The summed E-state index contributed by atoms with van der Waals surface area (Å²) in [5.74, 6) is 3.82. The second kappa shape index (κ2) is 17.1. The molecule has 0 amide bonds. The molecule has 0 aliphatic heterocycles. The van der Waals surface area contributed by atoms with Crippen LogP contribution in [0.5, 0.6) is 0 Å². The normalized spacial score (nSPS) is 26.2. The van der Waals surface area contributed by atoms with Crippen LogP contribution in [0.3, 0.4) is 0 Å². The van der Waals surface area contributed by atoms with E-state index in [4.69, 9.17) is 0 Å². The van der Waals surface area contributed by atoms with Crippen molar-refractivity contribution in [2.24, 2.45) is 29.1 Å². The van der Waals surface area contributed by atoms with Gasteiger partial charge in [-0.05, 0) is 68.1 Å². The standard InChI is InChI=1S/C18H25.C13H9.C6H5.CH3.CH2.2ClH.Zr/c1-12-3-13(2)17(4-12)11-18-8-14-5-15(9-18)7-16(6-14)10-18;1-3-7-12-10(5-1)9-11-6-2-4-8-13(11)12;1-2-4-6-5-3-1;;;;;/h4,12,14-16H,5-11H2,1-2H3;1-5,7-8H,9H2;1-5H;1H3;1H2;2*1H;/q4*-1;;;;. The second-order valence-corrected chi connectivity index (χ2v) is 12.3. The zero-order chi connectivity index (χ0) is 27.2. The monoisotopic (exact) mass is 674 g/mol. The van der Waals surface area contributed by atoms with E-state index in [0.29, 0.717) is 11.3 Å². The first-order chi connectivity index (χ1) is 19.1. The first-order valence-electron chi connectivity index (χ1n) is 14.7. The van der Waals surface area contributed by atoms with Crippen LogP contribution < -0.4 is 0 Å². The number of hydrogen-bond acceptors (Lipinski definition) is 0. The summed E-state index contributed by atoms with van der Waals surface area (Å²) in [6.07, 6.45) is 17.8. The average molecular weight is 677 g/mol. The van der Waals surface area contributed by atoms with Gasteiger partial charge in [-0.2, -0.15) is 77.9 Å². The smallest absolute Gasteiger partial charge is 0.0253 e. The fourth-order valence-corrected chi connectivity index (χ4v) is 8.34. The zero-order valence-corrected chi connectivity index (χ0v) is 29.6. The van der Waals surface area contributed by atoms with Crippen molar-refractivity contribution in [1.29, 1.82) is 0 Å². The molecule has 0 N–H and O–H groups in total. The summed E-state index contributed by atoms with van der Waals surface area (Å²) in [6.45, 7) is 4.55. The van der Waals surface area contributed by atoms with Crippen molar-refractivity contribution < 1.29 is 24.2 Å². The van der Waals surface area contributed by atoms with Crippen LogP contribution in [0.4, 0.5) is 0 Å². The van der Waals surface area contributed by atoms with Gasteiger partial charge in [0.1, 0.15) is 0 Å². The number of hydrogen-bond donors (Lipinski definition) is 0. The quantitative estimate of drug-likeness (QED) is 0.185. The van der Waals surface area contributed by atoms with Crippen molar-refractivity contribution >= 4 is 29.0 Å². The Labute approximate surface area is 283 Å². The molecule has 3 aromatic carbocycles. The minimum Gasteiger partial charge on any atom is -0.358 e. The van der Waals surface area contributed by atoms with Crippen molar-refractivity contribution in [3.8, 4) is 11.1 Å². The van der Waals surface area contributed by atoms with Crippen molar-refractivity contribution in [2.75, 3.05) is 0 Å². The van der Waals surface area contributed by atoms with Gasteiger partial charge in [0.15, 0.2) is 0 Å². The maximum atomic E-state index is 3.57.